The topological polar surface area (TPSA) is 74.1 Å². The first-order valence-corrected chi connectivity index (χ1v) is 12.2. The zero-order valence-electron chi connectivity index (χ0n) is 19.5. The molecule has 3 aromatic heterocycles. The van der Waals surface area contributed by atoms with Crippen LogP contribution in [0.1, 0.15) is 55.4 Å². The Balaban J connectivity index is 1.40. The van der Waals surface area contributed by atoms with Crippen LogP contribution in [0, 0.1) is 6.92 Å². The lowest BCUT2D eigenvalue weighted by molar-refractivity contribution is 0.356. The molecule has 1 saturated carbocycles. The van der Waals surface area contributed by atoms with E-state index in [9.17, 15) is 0 Å². The quantitative estimate of drug-likeness (QED) is 0.353. The second kappa shape index (κ2) is 9.02. The fourth-order valence-corrected chi connectivity index (χ4v) is 5.52. The second-order valence-electron chi connectivity index (χ2n) is 8.56. The molecule has 1 N–H and O–H groups in total. The summed E-state index contributed by atoms with van der Waals surface area (Å²) in [5, 5.41) is 9.13. The number of hydrogen-bond acceptors (Lipinski definition) is 7. The summed E-state index contributed by atoms with van der Waals surface area (Å²) in [6.45, 7) is 4.05. The summed E-state index contributed by atoms with van der Waals surface area (Å²) in [5.41, 5.74) is 2.01. The van der Waals surface area contributed by atoms with Crippen molar-refractivity contribution in [3.05, 3.63) is 47.4 Å². The van der Waals surface area contributed by atoms with Gasteiger partial charge in [-0.05, 0) is 44.9 Å². The van der Waals surface area contributed by atoms with E-state index >= 15 is 0 Å². The maximum atomic E-state index is 5.50. The number of nitrogens with one attached hydrogen (secondary N) is 1. The minimum Gasteiger partial charge on any atom is -0.493 e. The smallest absolute Gasteiger partial charge is 0.162 e. The van der Waals surface area contributed by atoms with Crippen LogP contribution in [0.2, 0.25) is 0 Å². The van der Waals surface area contributed by atoms with Crippen molar-refractivity contribution >= 4 is 28.1 Å². The molecule has 1 fully saturated rings. The van der Waals surface area contributed by atoms with Crippen LogP contribution in [0.25, 0.3) is 21.3 Å². The van der Waals surface area contributed by atoms with E-state index in [-0.39, 0.29) is 6.04 Å². The molecule has 1 aliphatic rings. The lowest BCUT2D eigenvalue weighted by Crippen LogP contribution is -2.08. The standard InChI is InChI=1S/C25H29N5O2S/c1-15(23-9-10-24(33-23)17-13-26-30(14-17)18-7-5-6-8-18)27-25-19-11-21(31-3)22(32-4)12-20(19)28-16(2)29-25/h9-15,18H,5-8H2,1-4H3,(H,27,28,29). The van der Waals surface area contributed by atoms with Crippen molar-refractivity contribution < 1.29 is 9.47 Å². The van der Waals surface area contributed by atoms with Gasteiger partial charge in [-0.15, -0.1) is 11.3 Å². The zero-order valence-corrected chi connectivity index (χ0v) is 20.3. The molecule has 0 spiro atoms. The molecule has 0 amide bonds. The molecule has 172 valence electrons. The number of thiophene rings is 1. The second-order valence-corrected chi connectivity index (χ2v) is 9.67. The summed E-state index contributed by atoms with van der Waals surface area (Å²) in [4.78, 5) is 11.7. The van der Waals surface area contributed by atoms with Crippen molar-refractivity contribution in [1.82, 2.24) is 19.7 Å². The minimum absolute atomic E-state index is 0.0826. The maximum Gasteiger partial charge on any atom is 0.162 e. The Labute approximate surface area is 197 Å². The van der Waals surface area contributed by atoms with Gasteiger partial charge in [-0.1, -0.05) is 12.8 Å². The highest BCUT2D eigenvalue weighted by molar-refractivity contribution is 7.15. The first-order chi connectivity index (χ1) is 16.1. The number of rotatable bonds is 7. The summed E-state index contributed by atoms with van der Waals surface area (Å²) >= 11 is 1.79. The minimum atomic E-state index is 0.0826. The van der Waals surface area contributed by atoms with Crippen molar-refractivity contribution in [2.75, 3.05) is 19.5 Å². The van der Waals surface area contributed by atoms with E-state index < -0.39 is 0 Å². The fraction of sp³-hybridized carbons (Fsp3) is 0.400. The summed E-state index contributed by atoms with van der Waals surface area (Å²) in [7, 11) is 3.27. The molecule has 5 rings (SSSR count). The van der Waals surface area contributed by atoms with Gasteiger partial charge in [0.2, 0.25) is 0 Å². The third-order valence-electron chi connectivity index (χ3n) is 6.30. The van der Waals surface area contributed by atoms with E-state index in [1.165, 1.54) is 41.0 Å². The van der Waals surface area contributed by atoms with Crippen molar-refractivity contribution in [2.24, 2.45) is 0 Å². The van der Waals surface area contributed by atoms with Crippen LogP contribution in [-0.4, -0.2) is 34.0 Å². The number of aromatic nitrogens is 4. The number of nitrogens with zero attached hydrogens (tertiary/aromatic N) is 4. The van der Waals surface area contributed by atoms with Crippen LogP contribution in [0.4, 0.5) is 5.82 Å². The molecule has 33 heavy (non-hydrogen) atoms. The lowest BCUT2D eigenvalue weighted by Gasteiger charge is -2.16. The molecule has 0 bridgehead atoms. The molecule has 1 aromatic carbocycles. The third-order valence-corrected chi connectivity index (χ3v) is 7.62. The molecular weight excluding hydrogens is 434 g/mol. The number of hydrogen-bond donors (Lipinski definition) is 1. The molecule has 8 heteroatoms. The maximum absolute atomic E-state index is 5.50. The van der Waals surface area contributed by atoms with Gasteiger partial charge in [0.15, 0.2) is 11.5 Å². The molecule has 0 saturated heterocycles. The summed E-state index contributed by atoms with van der Waals surface area (Å²) in [5.74, 6) is 2.81. The van der Waals surface area contributed by atoms with Crippen molar-refractivity contribution in [1.29, 1.82) is 0 Å². The van der Waals surface area contributed by atoms with Gasteiger partial charge in [0.25, 0.3) is 0 Å². The Morgan fingerprint density at radius 3 is 2.61 bits per heavy atom. The van der Waals surface area contributed by atoms with E-state index in [2.05, 4.69) is 50.3 Å². The average Bonchev–Trinajstić information content (AvgIpc) is 3.58. The van der Waals surface area contributed by atoms with Crippen molar-refractivity contribution in [2.45, 2.75) is 51.6 Å². The first-order valence-electron chi connectivity index (χ1n) is 11.4. The van der Waals surface area contributed by atoms with Crippen LogP contribution in [0.3, 0.4) is 0 Å². The fourth-order valence-electron chi connectivity index (χ4n) is 4.53. The highest BCUT2D eigenvalue weighted by atomic mass is 32.1. The van der Waals surface area contributed by atoms with E-state index in [0.717, 1.165) is 16.7 Å². The Morgan fingerprint density at radius 1 is 1.09 bits per heavy atom. The highest BCUT2D eigenvalue weighted by Gasteiger charge is 2.19. The number of methoxy groups -OCH3 is 2. The van der Waals surface area contributed by atoms with Crippen LogP contribution < -0.4 is 14.8 Å². The predicted octanol–water partition coefficient (Wildman–Crippen LogP) is 6.17. The highest BCUT2D eigenvalue weighted by Crippen LogP contribution is 2.37. The molecule has 0 radical (unpaired) electrons. The molecule has 3 heterocycles. The van der Waals surface area contributed by atoms with Gasteiger partial charge in [-0.3, -0.25) is 4.68 Å². The lowest BCUT2D eigenvalue weighted by atomic mass is 10.2. The van der Waals surface area contributed by atoms with Gasteiger partial charge in [0.1, 0.15) is 11.6 Å². The largest absolute Gasteiger partial charge is 0.493 e. The normalized spacial score (nSPS) is 15.2. The third kappa shape index (κ3) is 4.27. The molecule has 1 aliphatic carbocycles. The zero-order chi connectivity index (χ0) is 22.9. The Kier molecular flexibility index (Phi) is 5.93. The average molecular weight is 464 g/mol. The van der Waals surface area contributed by atoms with Crippen LogP contribution in [-0.2, 0) is 0 Å². The number of benzene rings is 1. The Hall–Kier alpha value is -3.13. The number of anilines is 1. The Morgan fingerprint density at radius 2 is 1.85 bits per heavy atom. The number of aryl methyl sites for hydroxylation is 1. The molecule has 4 aromatic rings. The van der Waals surface area contributed by atoms with Crippen molar-refractivity contribution in [3.8, 4) is 21.9 Å². The van der Waals surface area contributed by atoms with Gasteiger partial charge in [-0.25, -0.2) is 9.97 Å². The van der Waals surface area contributed by atoms with Crippen molar-refractivity contribution in [3.63, 3.8) is 0 Å². The predicted molar refractivity (Wildman–Crippen MR) is 132 cm³/mol. The molecule has 1 atom stereocenters. The monoisotopic (exact) mass is 463 g/mol. The van der Waals surface area contributed by atoms with Gasteiger partial charge in [0, 0.05) is 33.0 Å². The van der Waals surface area contributed by atoms with E-state index in [1.807, 2.05) is 25.3 Å². The number of ether oxygens (including phenoxy) is 2. The molecule has 0 aliphatic heterocycles. The Bertz CT molecular complexity index is 1280. The van der Waals surface area contributed by atoms with Crippen LogP contribution >= 0.6 is 11.3 Å². The van der Waals surface area contributed by atoms with E-state index in [4.69, 9.17) is 9.47 Å². The summed E-state index contributed by atoms with van der Waals surface area (Å²) in [6.07, 6.45) is 9.28. The van der Waals surface area contributed by atoms with Crippen LogP contribution in [0.5, 0.6) is 11.5 Å². The first kappa shape index (κ1) is 21.7. The molecular formula is C25H29N5O2S. The van der Waals surface area contributed by atoms with E-state index in [1.54, 1.807) is 25.6 Å². The summed E-state index contributed by atoms with van der Waals surface area (Å²) < 4.78 is 13.1. The SMILES string of the molecule is COc1cc2nc(C)nc(NC(C)c3ccc(-c4cnn(C5CCCC5)c4)s3)c2cc1OC. The van der Waals surface area contributed by atoms with E-state index in [0.29, 0.717) is 23.4 Å². The molecule has 7 nitrogen and oxygen atoms in total. The van der Waals surface area contributed by atoms with Crippen LogP contribution in [0.15, 0.2) is 36.7 Å². The number of fused-ring (bicyclic) bond motifs is 1. The van der Waals surface area contributed by atoms with Gasteiger partial charge in [-0.2, -0.15) is 5.10 Å². The molecule has 1 unspecified atom stereocenters. The summed E-state index contributed by atoms with van der Waals surface area (Å²) in [6, 6.07) is 8.84. The van der Waals surface area contributed by atoms with Gasteiger partial charge >= 0.3 is 0 Å². The van der Waals surface area contributed by atoms with Gasteiger partial charge in [0.05, 0.1) is 38.0 Å². The van der Waals surface area contributed by atoms with Gasteiger partial charge < -0.3 is 14.8 Å².